The highest BCUT2D eigenvalue weighted by molar-refractivity contribution is 6.74. The van der Waals surface area contributed by atoms with Crippen LogP contribution in [-0.4, -0.2) is 32.4 Å². The Morgan fingerprint density at radius 1 is 1.40 bits per heavy atom. The minimum absolute atomic E-state index is 0.0309. The van der Waals surface area contributed by atoms with Crippen LogP contribution < -0.4 is 0 Å². The van der Waals surface area contributed by atoms with Crippen LogP contribution in [0.25, 0.3) is 0 Å². The quantitative estimate of drug-likeness (QED) is 0.537. The van der Waals surface area contributed by atoms with Crippen molar-refractivity contribution in [2.24, 2.45) is 0 Å². The molecule has 4 heteroatoms. The monoisotopic (exact) mass is 228 g/mol. The van der Waals surface area contributed by atoms with Crippen molar-refractivity contribution < 1.29 is 14.0 Å². The number of ether oxygens (including phenoxy) is 1. The summed E-state index contributed by atoms with van der Waals surface area (Å²) in [5.41, 5.74) is 0. The molecule has 15 heavy (non-hydrogen) atoms. The van der Waals surface area contributed by atoms with Crippen LogP contribution in [0, 0.1) is 0 Å². The van der Waals surface area contributed by atoms with Crippen LogP contribution in [0.15, 0.2) is 0 Å². The molecule has 3 nitrogen and oxygen atoms in total. The van der Waals surface area contributed by atoms with Gasteiger partial charge in [0.2, 0.25) is 0 Å². The van der Waals surface area contributed by atoms with Crippen molar-refractivity contribution in [3.8, 4) is 0 Å². The highest BCUT2D eigenvalue weighted by atomic mass is 28.4. The molecule has 2 fully saturated rings. The minimum Gasteiger partial charge on any atom is -0.411 e. The van der Waals surface area contributed by atoms with Gasteiger partial charge in [-0.3, -0.25) is 4.79 Å². The fraction of sp³-hybridized carbons (Fsp3) is 0.909. The smallest absolute Gasteiger partial charge is 0.192 e. The highest BCUT2D eigenvalue weighted by Crippen LogP contribution is 2.43. The van der Waals surface area contributed by atoms with Crippen LogP contribution in [0.2, 0.25) is 18.1 Å². The number of carbonyl (C=O) groups is 1. The summed E-state index contributed by atoms with van der Waals surface area (Å²) in [6.07, 6.45) is 0.539. The molecule has 1 saturated heterocycles. The average Bonchev–Trinajstić information content (AvgIpc) is 2.73. The van der Waals surface area contributed by atoms with Gasteiger partial charge in [0.05, 0.1) is 6.10 Å². The first-order valence-electron chi connectivity index (χ1n) is 5.58. The van der Waals surface area contributed by atoms with Crippen molar-refractivity contribution in [2.75, 3.05) is 0 Å². The Morgan fingerprint density at radius 3 is 2.33 bits per heavy atom. The second-order valence-electron chi connectivity index (χ2n) is 6.11. The molecular weight excluding hydrogens is 208 g/mol. The number of hydrogen-bond acceptors (Lipinski definition) is 3. The predicted molar refractivity (Wildman–Crippen MR) is 60.4 cm³/mol. The van der Waals surface area contributed by atoms with Crippen LogP contribution in [0.3, 0.4) is 0 Å². The van der Waals surface area contributed by atoms with E-state index in [-0.39, 0.29) is 29.1 Å². The van der Waals surface area contributed by atoms with Gasteiger partial charge >= 0.3 is 0 Å². The number of rotatable bonds is 2. The summed E-state index contributed by atoms with van der Waals surface area (Å²) >= 11 is 0. The maximum atomic E-state index is 11.4. The molecule has 86 valence electrons. The van der Waals surface area contributed by atoms with Crippen molar-refractivity contribution in [1.29, 1.82) is 0 Å². The molecule has 0 N–H and O–H groups in total. The Bertz CT molecular complexity index is 293. The van der Waals surface area contributed by atoms with Gasteiger partial charge in [-0.05, 0) is 18.1 Å². The number of fused-ring (bicyclic) bond motifs is 1. The SMILES string of the molecule is CC(C)(C)[Si](C)(C)O[C@@H]1CC(=O)C2OC21. The standard InChI is InChI=1S/C11H20O3Si/c1-11(2,3)15(4,5)14-8-6-7(12)9-10(8)13-9/h8-10H,6H2,1-5H3/t8-,9?,10?/m1/s1. The fourth-order valence-corrected chi connectivity index (χ4v) is 3.09. The van der Waals surface area contributed by atoms with E-state index in [2.05, 4.69) is 33.9 Å². The molecule has 2 aliphatic rings. The molecule has 2 rings (SSSR count). The molecule has 3 atom stereocenters. The molecule has 0 aromatic heterocycles. The maximum absolute atomic E-state index is 11.4. The zero-order chi connectivity index (χ0) is 11.4. The van der Waals surface area contributed by atoms with Gasteiger partial charge in [-0.2, -0.15) is 0 Å². The summed E-state index contributed by atoms with van der Waals surface area (Å²) in [4.78, 5) is 11.4. The van der Waals surface area contributed by atoms with Gasteiger partial charge in [0.15, 0.2) is 14.1 Å². The number of carbonyl (C=O) groups excluding carboxylic acids is 1. The third-order valence-electron chi connectivity index (χ3n) is 3.86. The van der Waals surface area contributed by atoms with E-state index in [1.165, 1.54) is 0 Å². The second-order valence-corrected chi connectivity index (χ2v) is 10.9. The first-order chi connectivity index (χ1) is 6.72. The zero-order valence-corrected chi connectivity index (χ0v) is 11.2. The Labute approximate surface area is 92.3 Å². The third kappa shape index (κ3) is 1.90. The largest absolute Gasteiger partial charge is 0.411 e. The molecule has 1 heterocycles. The summed E-state index contributed by atoms with van der Waals surface area (Å²) in [5, 5.41) is 0.197. The van der Waals surface area contributed by atoms with E-state index in [0.29, 0.717) is 6.42 Å². The van der Waals surface area contributed by atoms with Crippen LogP contribution in [0.1, 0.15) is 27.2 Å². The second kappa shape index (κ2) is 3.15. The van der Waals surface area contributed by atoms with E-state index in [1.54, 1.807) is 0 Å². The first kappa shape index (κ1) is 11.3. The Kier molecular flexibility index (Phi) is 2.37. The van der Waals surface area contributed by atoms with Gasteiger partial charge in [-0.25, -0.2) is 0 Å². The topological polar surface area (TPSA) is 38.8 Å². The lowest BCUT2D eigenvalue weighted by molar-refractivity contribution is -0.121. The molecule has 1 aliphatic heterocycles. The molecule has 0 amide bonds. The Morgan fingerprint density at radius 2 is 2.00 bits per heavy atom. The van der Waals surface area contributed by atoms with Gasteiger partial charge in [0, 0.05) is 6.42 Å². The molecule has 2 unspecified atom stereocenters. The molecule has 1 saturated carbocycles. The van der Waals surface area contributed by atoms with Crippen LogP contribution >= 0.6 is 0 Å². The van der Waals surface area contributed by atoms with E-state index < -0.39 is 8.32 Å². The third-order valence-corrected chi connectivity index (χ3v) is 8.37. The van der Waals surface area contributed by atoms with Gasteiger partial charge in [0.1, 0.15) is 12.2 Å². The van der Waals surface area contributed by atoms with Crippen LogP contribution in [0.5, 0.6) is 0 Å². The van der Waals surface area contributed by atoms with Gasteiger partial charge in [0.25, 0.3) is 0 Å². The molecule has 0 aromatic rings. The molecule has 0 aromatic carbocycles. The number of epoxide rings is 1. The van der Waals surface area contributed by atoms with E-state index in [4.69, 9.17) is 9.16 Å². The van der Waals surface area contributed by atoms with Gasteiger partial charge in [-0.15, -0.1) is 0 Å². The van der Waals surface area contributed by atoms with Crippen molar-refractivity contribution in [3.63, 3.8) is 0 Å². The zero-order valence-electron chi connectivity index (χ0n) is 10.2. The van der Waals surface area contributed by atoms with Gasteiger partial charge < -0.3 is 9.16 Å². The predicted octanol–water partition coefficient (Wildman–Crippen LogP) is 2.12. The average molecular weight is 228 g/mol. The van der Waals surface area contributed by atoms with Crippen LogP contribution in [-0.2, 0) is 14.0 Å². The summed E-state index contributed by atoms with van der Waals surface area (Å²) in [6, 6.07) is 0. The summed E-state index contributed by atoms with van der Waals surface area (Å²) in [6.45, 7) is 11.1. The van der Waals surface area contributed by atoms with Crippen molar-refractivity contribution in [1.82, 2.24) is 0 Å². The Balaban J connectivity index is 2.01. The highest BCUT2D eigenvalue weighted by Gasteiger charge is 2.58. The number of Topliss-reactive ketones (excluding diaryl/α,β-unsaturated/α-hetero) is 1. The number of hydrogen-bond donors (Lipinski definition) is 0. The van der Waals surface area contributed by atoms with Crippen molar-refractivity contribution >= 4 is 14.1 Å². The lowest BCUT2D eigenvalue weighted by Crippen LogP contribution is -2.44. The lowest BCUT2D eigenvalue weighted by atomic mass is 10.2. The maximum Gasteiger partial charge on any atom is 0.192 e. The summed E-state index contributed by atoms with van der Waals surface area (Å²) in [7, 11) is -1.75. The first-order valence-corrected chi connectivity index (χ1v) is 8.49. The van der Waals surface area contributed by atoms with Crippen LogP contribution in [0.4, 0.5) is 0 Å². The fourth-order valence-electron chi connectivity index (χ4n) is 1.76. The molecule has 1 aliphatic carbocycles. The molecule has 0 spiro atoms. The molecule has 0 radical (unpaired) electrons. The lowest BCUT2D eigenvalue weighted by Gasteiger charge is -2.38. The number of ketones is 1. The van der Waals surface area contributed by atoms with E-state index >= 15 is 0 Å². The summed E-state index contributed by atoms with van der Waals surface area (Å²) < 4.78 is 11.5. The van der Waals surface area contributed by atoms with Crippen molar-refractivity contribution in [2.45, 2.75) is 63.6 Å². The van der Waals surface area contributed by atoms with E-state index in [0.717, 1.165) is 0 Å². The summed E-state index contributed by atoms with van der Waals surface area (Å²) in [5.74, 6) is 0.226. The van der Waals surface area contributed by atoms with E-state index in [9.17, 15) is 4.79 Å². The van der Waals surface area contributed by atoms with E-state index in [1.807, 2.05) is 0 Å². The Hall–Kier alpha value is -0.193. The van der Waals surface area contributed by atoms with Gasteiger partial charge in [-0.1, -0.05) is 20.8 Å². The molecule has 0 bridgehead atoms. The van der Waals surface area contributed by atoms with Crippen molar-refractivity contribution in [3.05, 3.63) is 0 Å². The normalized spacial score (nSPS) is 35.5. The molecular formula is C11H20O3Si. The minimum atomic E-state index is -1.75.